The Kier molecular flexibility index (Phi) is 10.7. The average molecular weight is 667 g/mol. The lowest BCUT2D eigenvalue weighted by atomic mass is 10.1. The summed E-state index contributed by atoms with van der Waals surface area (Å²) in [6, 6.07) is 8.12. The number of morpholine rings is 1. The second kappa shape index (κ2) is 15.0. The Morgan fingerprint density at radius 1 is 1.08 bits per heavy atom. The van der Waals surface area contributed by atoms with Gasteiger partial charge in [0, 0.05) is 75.0 Å². The van der Waals surface area contributed by atoms with Crippen LogP contribution in [-0.2, 0) is 9.53 Å². The highest BCUT2D eigenvalue weighted by atomic mass is 19.2. The number of urea groups is 1. The van der Waals surface area contributed by atoms with Crippen molar-refractivity contribution in [3.05, 3.63) is 71.7 Å². The number of rotatable bonds is 6. The molecule has 2 saturated heterocycles. The van der Waals surface area contributed by atoms with Gasteiger partial charge in [-0.1, -0.05) is 0 Å². The van der Waals surface area contributed by atoms with Crippen LogP contribution in [0.25, 0.3) is 16.9 Å². The number of carbonyl (C=O) groups excluding carboxylic acids is 2. The number of aromatic nitrogens is 3. The second-order valence-electron chi connectivity index (χ2n) is 11.1. The number of aryl methyl sites for hydroxylation is 1. The van der Waals surface area contributed by atoms with Gasteiger partial charge in [0.05, 0.1) is 31.7 Å². The van der Waals surface area contributed by atoms with Crippen LogP contribution in [0.4, 0.5) is 25.1 Å². The first kappa shape index (κ1) is 34.0. The van der Waals surface area contributed by atoms with Gasteiger partial charge >= 0.3 is 6.03 Å². The van der Waals surface area contributed by atoms with E-state index in [4.69, 9.17) is 25.1 Å². The van der Waals surface area contributed by atoms with Crippen LogP contribution < -0.4 is 15.8 Å². The van der Waals surface area contributed by atoms with Gasteiger partial charge in [0.2, 0.25) is 5.82 Å². The van der Waals surface area contributed by atoms with Gasteiger partial charge in [-0.25, -0.2) is 19.2 Å². The van der Waals surface area contributed by atoms with Crippen LogP contribution in [0.15, 0.2) is 48.9 Å². The Morgan fingerprint density at radius 3 is 2.50 bits per heavy atom. The number of fused-ring (bicyclic) bond motifs is 1. The Morgan fingerprint density at radius 2 is 1.81 bits per heavy atom. The number of hydrogen-bond acceptors (Lipinski definition) is 9. The van der Waals surface area contributed by atoms with Crippen LogP contribution in [0.5, 0.6) is 5.75 Å². The Balaban J connectivity index is 0.00000145. The van der Waals surface area contributed by atoms with Crippen LogP contribution in [0.1, 0.15) is 15.9 Å². The summed E-state index contributed by atoms with van der Waals surface area (Å²) in [5.74, 6) is -2.01. The van der Waals surface area contributed by atoms with Crippen molar-refractivity contribution in [3.63, 3.8) is 0 Å². The van der Waals surface area contributed by atoms with Gasteiger partial charge in [-0.05, 0) is 42.8 Å². The van der Waals surface area contributed by atoms with Gasteiger partial charge in [0.25, 0.3) is 12.4 Å². The van der Waals surface area contributed by atoms with Crippen LogP contribution in [-0.4, -0.2) is 118 Å². The Bertz CT molecular complexity index is 1800. The van der Waals surface area contributed by atoms with Crippen LogP contribution in [0, 0.1) is 18.6 Å². The zero-order chi connectivity index (χ0) is 34.4. The Labute approximate surface area is 274 Å². The van der Waals surface area contributed by atoms with E-state index in [9.17, 15) is 18.4 Å². The minimum absolute atomic E-state index is 0.0307. The predicted octanol–water partition coefficient (Wildman–Crippen LogP) is 2.97. The van der Waals surface area contributed by atoms with Crippen LogP contribution >= 0.6 is 0 Å². The van der Waals surface area contributed by atoms with Crippen molar-refractivity contribution in [2.45, 2.75) is 13.0 Å². The van der Waals surface area contributed by atoms with E-state index in [0.717, 1.165) is 5.56 Å². The van der Waals surface area contributed by atoms with Crippen molar-refractivity contribution in [2.24, 2.45) is 5.73 Å². The van der Waals surface area contributed by atoms with Gasteiger partial charge < -0.3 is 40.3 Å². The molecule has 254 valence electrons. The minimum Gasteiger partial charge on any atom is -0.494 e. The lowest BCUT2D eigenvalue weighted by Gasteiger charge is -2.40. The molecule has 2 aromatic heterocycles. The largest absolute Gasteiger partial charge is 0.494 e. The third-order valence-electron chi connectivity index (χ3n) is 8.20. The standard InChI is InChI=1S/C31H34F2N8O4.CH2O2/c1-19-15-20(37-28-29-36-17-24(41(29)8-7-35-28)23-5-6-25(44-2)27(33)26(23)32)3-4-22(19)30(42)38-9-11-39(12-10-38)31(43)40-13-14-45-21(16-34)18-40;2-1-3/h3-8,15,17,21H,9-14,16,18,34H2,1-2H3,(H,35,37);1H,(H,2,3)/t21-;/m0./s1. The summed E-state index contributed by atoms with van der Waals surface area (Å²) < 4.78 is 41.3. The van der Waals surface area contributed by atoms with Crippen molar-refractivity contribution >= 4 is 35.6 Å². The topological polar surface area (TPSA) is 168 Å². The number of halogens is 2. The van der Waals surface area contributed by atoms with E-state index in [0.29, 0.717) is 80.8 Å². The van der Waals surface area contributed by atoms with Gasteiger partial charge in [-0.15, -0.1) is 0 Å². The smallest absolute Gasteiger partial charge is 0.320 e. The Hall–Kier alpha value is -5.35. The molecule has 2 aromatic carbocycles. The number of carboxylic acid groups (broad SMARTS) is 1. The molecule has 0 saturated carbocycles. The molecule has 48 heavy (non-hydrogen) atoms. The minimum atomic E-state index is -1.08. The molecule has 0 bridgehead atoms. The molecule has 6 rings (SSSR count). The van der Waals surface area contributed by atoms with Crippen molar-refractivity contribution in [1.29, 1.82) is 0 Å². The molecule has 3 amide bonds. The number of carbonyl (C=O) groups is 3. The molecule has 0 spiro atoms. The first-order valence-electron chi connectivity index (χ1n) is 15.1. The predicted molar refractivity (Wildman–Crippen MR) is 171 cm³/mol. The van der Waals surface area contributed by atoms with E-state index in [1.54, 1.807) is 37.4 Å². The summed E-state index contributed by atoms with van der Waals surface area (Å²) in [5.41, 5.74) is 8.49. The highest BCUT2D eigenvalue weighted by molar-refractivity contribution is 5.96. The van der Waals surface area contributed by atoms with Crippen LogP contribution in [0.3, 0.4) is 0 Å². The molecule has 4 heterocycles. The maximum absolute atomic E-state index is 14.8. The number of benzene rings is 2. The fourth-order valence-electron chi connectivity index (χ4n) is 5.72. The van der Waals surface area contributed by atoms with E-state index in [-0.39, 0.29) is 35.8 Å². The maximum Gasteiger partial charge on any atom is 0.320 e. The molecular weight excluding hydrogens is 630 g/mol. The van der Waals surface area contributed by atoms with E-state index in [2.05, 4.69) is 15.3 Å². The molecule has 2 aliphatic heterocycles. The highest BCUT2D eigenvalue weighted by Crippen LogP contribution is 2.31. The van der Waals surface area contributed by atoms with Gasteiger partial charge in [0.15, 0.2) is 23.0 Å². The zero-order valence-corrected chi connectivity index (χ0v) is 26.4. The number of methoxy groups -OCH3 is 1. The lowest BCUT2D eigenvalue weighted by molar-refractivity contribution is -0.122. The summed E-state index contributed by atoms with van der Waals surface area (Å²) in [4.78, 5) is 48.9. The molecule has 2 fully saturated rings. The number of amides is 3. The average Bonchev–Trinajstić information content (AvgIpc) is 3.54. The van der Waals surface area contributed by atoms with E-state index in [1.807, 2.05) is 13.0 Å². The van der Waals surface area contributed by atoms with Crippen molar-refractivity contribution < 1.29 is 37.7 Å². The number of anilines is 2. The first-order valence-corrected chi connectivity index (χ1v) is 15.1. The zero-order valence-electron chi connectivity index (χ0n) is 26.4. The number of imidazole rings is 1. The molecule has 14 nitrogen and oxygen atoms in total. The van der Waals surface area contributed by atoms with Crippen LogP contribution in [0.2, 0.25) is 0 Å². The van der Waals surface area contributed by atoms with E-state index >= 15 is 0 Å². The summed E-state index contributed by atoms with van der Waals surface area (Å²) in [6.45, 7) is 5.20. The fourth-order valence-corrected chi connectivity index (χ4v) is 5.72. The highest BCUT2D eigenvalue weighted by Gasteiger charge is 2.31. The third kappa shape index (κ3) is 6.99. The molecule has 0 aliphatic carbocycles. The number of nitrogens with one attached hydrogen (secondary N) is 1. The molecule has 16 heteroatoms. The second-order valence-corrected chi connectivity index (χ2v) is 11.1. The first-order chi connectivity index (χ1) is 23.2. The van der Waals surface area contributed by atoms with Gasteiger partial charge in [0.1, 0.15) is 0 Å². The molecule has 2 aliphatic rings. The summed E-state index contributed by atoms with van der Waals surface area (Å²) in [5, 5.41) is 10.1. The molecule has 1 atom stereocenters. The molecule has 4 N–H and O–H groups in total. The SMILES string of the molecule is COc1ccc(-c2cnc3c(Nc4ccc(C(=O)N5CCN(C(=O)N6CCO[C@@H](CN)C6)CC5)c(C)c4)nccn23)c(F)c1F.O=CO. The lowest BCUT2D eigenvalue weighted by Crippen LogP contribution is -2.57. The summed E-state index contributed by atoms with van der Waals surface area (Å²) >= 11 is 0. The number of hydrogen-bond donors (Lipinski definition) is 3. The summed E-state index contributed by atoms with van der Waals surface area (Å²) in [7, 11) is 1.27. The molecule has 4 aromatic rings. The molecule has 0 radical (unpaired) electrons. The van der Waals surface area contributed by atoms with E-state index < -0.39 is 11.6 Å². The quantitative estimate of drug-likeness (QED) is 0.260. The normalized spacial score (nSPS) is 16.3. The molecular formula is C32H36F2N8O6. The number of nitrogens with zero attached hydrogens (tertiary/aromatic N) is 6. The van der Waals surface area contributed by atoms with Crippen molar-refractivity contribution in [3.8, 4) is 17.0 Å². The fraction of sp³-hybridized carbons (Fsp3) is 0.344. The number of piperazine rings is 1. The third-order valence-corrected chi connectivity index (χ3v) is 8.20. The van der Waals surface area contributed by atoms with Gasteiger partial charge in [-0.2, -0.15) is 4.39 Å². The van der Waals surface area contributed by atoms with E-state index in [1.165, 1.54) is 31.6 Å². The monoisotopic (exact) mass is 666 g/mol. The summed E-state index contributed by atoms with van der Waals surface area (Å²) in [6.07, 6.45) is 4.44. The molecule has 0 unspecified atom stereocenters. The van der Waals surface area contributed by atoms with Gasteiger partial charge in [-0.3, -0.25) is 14.0 Å². The van der Waals surface area contributed by atoms with Crippen molar-refractivity contribution in [2.75, 3.05) is 64.8 Å². The number of nitrogens with two attached hydrogens (primary N) is 1. The van der Waals surface area contributed by atoms with Crippen molar-refractivity contribution in [1.82, 2.24) is 29.1 Å². The maximum atomic E-state index is 14.8. The number of ether oxygens (including phenoxy) is 2.